The maximum atomic E-state index is 13.9. The number of hydrogen-bond donors (Lipinski definition) is 1. The van der Waals surface area contributed by atoms with Gasteiger partial charge in [0.05, 0.1) is 17.5 Å². The third-order valence-electron chi connectivity index (χ3n) is 8.49. The van der Waals surface area contributed by atoms with Gasteiger partial charge in [0.2, 0.25) is 11.8 Å². The minimum absolute atomic E-state index is 0.177. The summed E-state index contributed by atoms with van der Waals surface area (Å²) in [6.07, 6.45) is 4.07. The summed E-state index contributed by atoms with van der Waals surface area (Å²) < 4.78 is 1.00. The number of allylic oxidation sites excluding steroid dienone is 6. The second-order valence-corrected chi connectivity index (χ2v) is 12.0. The summed E-state index contributed by atoms with van der Waals surface area (Å²) in [5.74, 6) is -2.64. The first-order valence-corrected chi connectivity index (χ1v) is 13.8. The number of Topliss-reactive ketones (excluding diaryl/α,β-unsaturated/α-hetero) is 1. The van der Waals surface area contributed by atoms with E-state index >= 15 is 0 Å². The molecule has 38 heavy (non-hydrogen) atoms. The van der Waals surface area contributed by atoms with Crippen LogP contribution < -0.4 is 4.90 Å². The Morgan fingerprint density at radius 3 is 2.24 bits per heavy atom. The smallest absolute Gasteiger partial charge is 0.238 e. The number of aromatic hydroxyl groups is 1. The van der Waals surface area contributed by atoms with Crippen molar-refractivity contribution in [2.45, 2.75) is 39.5 Å². The summed E-state index contributed by atoms with van der Waals surface area (Å²) in [6, 6.07) is 11.0. The third kappa shape index (κ3) is 3.58. The molecule has 6 rings (SSSR count). The molecule has 4 unspecified atom stereocenters. The molecule has 192 valence electrons. The van der Waals surface area contributed by atoms with Crippen LogP contribution in [0.25, 0.3) is 0 Å². The van der Waals surface area contributed by atoms with E-state index in [1.807, 2.05) is 44.2 Å². The van der Waals surface area contributed by atoms with E-state index in [1.54, 1.807) is 19.1 Å². The first kappa shape index (κ1) is 25.0. The Kier molecular flexibility index (Phi) is 5.83. The van der Waals surface area contributed by atoms with E-state index in [9.17, 15) is 24.3 Å². The molecular formula is C31H26INO5. The highest BCUT2D eigenvalue weighted by atomic mass is 127. The number of benzene rings is 2. The molecule has 2 aromatic rings. The summed E-state index contributed by atoms with van der Waals surface area (Å²) in [5.41, 5.74) is 4.91. The molecule has 7 heteroatoms. The maximum absolute atomic E-state index is 13.9. The fourth-order valence-electron chi connectivity index (χ4n) is 6.76. The number of fused-ring (bicyclic) bond motifs is 3. The molecule has 1 fully saturated rings. The number of nitrogens with zero attached hydrogens (tertiary/aromatic N) is 1. The van der Waals surface area contributed by atoms with Gasteiger partial charge in [-0.3, -0.25) is 24.1 Å². The molecule has 2 aromatic carbocycles. The highest BCUT2D eigenvalue weighted by Crippen LogP contribution is 2.55. The van der Waals surface area contributed by atoms with Crippen molar-refractivity contribution in [3.63, 3.8) is 0 Å². The van der Waals surface area contributed by atoms with E-state index in [-0.39, 0.29) is 41.5 Å². The maximum Gasteiger partial charge on any atom is 0.238 e. The van der Waals surface area contributed by atoms with Crippen LogP contribution in [-0.2, 0) is 19.2 Å². The summed E-state index contributed by atoms with van der Waals surface area (Å²) in [6.45, 7) is 5.26. The number of halogens is 1. The van der Waals surface area contributed by atoms with E-state index in [2.05, 4.69) is 22.6 Å². The number of carbonyl (C=O) groups is 4. The lowest BCUT2D eigenvalue weighted by Crippen LogP contribution is -2.39. The molecule has 0 radical (unpaired) electrons. The third-order valence-corrected chi connectivity index (χ3v) is 9.21. The van der Waals surface area contributed by atoms with Crippen LogP contribution in [-0.4, -0.2) is 28.5 Å². The Hall–Kier alpha value is -3.33. The van der Waals surface area contributed by atoms with Crippen molar-refractivity contribution in [3.05, 3.63) is 91.1 Å². The predicted octanol–water partition coefficient (Wildman–Crippen LogP) is 5.25. The molecule has 0 spiro atoms. The zero-order valence-electron chi connectivity index (χ0n) is 21.2. The highest BCUT2D eigenvalue weighted by Gasteiger charge is 2.56. The molecule has 0 saturated carbocycles. The standard InChI is InChI=1S/C31H26INO5/c1-14-10-17(11-15(2)28(14)35)25-20-8-9-21-26(22(20)13-23-27(25)24(34)12-16(3)29(23)36)31(38)33(30(21)37)19-6-4-18(32)5-7-19/h4-8,10-12,21-22,25-26,35H,9,13H2,1-3H3. The highest BCUT2D eigenvalue weighted by molar-refractivity contribution is 14.1. The van der Waals surface area contributed by atoms with Crippen molar-refractivity contribution in [1.29, 1.82) is 0 Å². The number of aryl methyl sites for hydroxylation is 2. The first-order chi connectivity index (χ1) is 18.1. The number of hydrogen-bond acceptors (Lipinski definition) is 5. The number of ketones is 2. The minimum Gasteiger partial charge on any atom is -0.507 e. The zero-order valence-corrected chi connectivity index (χ0v) is 23.4. The van der Waals surface area contributed by atoms with Crippen LogP contribution in [0, 0.1) is 35.2 Å². The van der Waals surface area contributed by atoms with Gasteiger partial charge >= 0.3 is 0 Å². The Labute approximate surface area is 234 Å². The number of anilines is 1. The largest absolute Gasteiger partial charge is 0.507 e. The summed E-state index contributed by atoms with van der Waals surface area (Å²) in [4.78, 5) is 55.6. The molecule has 1 saturated heterocycles. The number of imide groups is 1. The molecule has 0 aromatic heterocycles. The van der Waals surface area contributed by atoms with Crippen LogP contribution in [0.3, 0.4) is 0 Å². The predicted molar refractivity (Wildman–Crippen MR) is 151 cm³/mol. The van der Waals surface area contributed by atoms with Gasteiger partial charge in [-0.1, -0.05) is 23.8 Å². The number of rotatable bonds is 2. The minimum atomic E-state index is -0.605. The van der Waals surface area contributed by atoms with Crippen LogP contribution in [0.1, 0.15) is 42.4 Å². The van der Waals surface area contributed by atoms with E-state index in [0.717, 1.165) is 14.7 Å². The average molecular weight is 619 g/mol. The van der Waals surface area contributed by atoms with Gasteiger partial charge in [-0.2, -0.15) is 0 Å². The van der Waals surface area contributed by atoms with E-state index in [4.69, 9.17) is 0 Å². The molecule has 4 atom stereocenters. The second kappa shape index (κ2) is 8.86. The van der Waals surface area contributed by atoms with Crippen molar-refractivity contribution >= 4 is 51.7 Å². The van der Waals surface area contributed by atoms with Crippen LogP contribution in [0.2, 0.25) is 0 Å². The molecule has 4 aliphatic rings. The number of amides is 2. The molecule has 3 aliphatic carbocycles. The first-order valence-electron chi connectivity index (χ1n) is 12.7. The molecule has 0 bridgehead atoms. The van der Waals surface area contributed by atoms with Gasteiger partial charge in [-0.05, 0) is 109 Å². The van der Waals surface area contributed by atoms with Gasteiger partial charge in [0.15, 0.2) is 11.6 Å². The lowest BCUT2D eigenvalue weighted by Gasteiger charge is -2.42. The van der Waals surface area contributed by atoms with Gasteiger partial charge in [0, 0.05) is 26.2 Å². The van der Waals surface area contributed by atoms with Crippen LogP contribution in [0.15, 0.2) is 70.8 Å². The molecule has 1 N–H and O–H groups in total. The Morgan fingerprint density at radius 1 is 0.921 bits per heavy atom. The number of phenols is 1. The Bertz CT molecular complexity index is 1540. The molecule has 6 nitrogen and oxygen atoms in total. The quantitative estimate of drug-likeness (QED) is 0.215. The van der Waals surface area contributed by atoms with Crippen LogP contribution >= 0.6 is 22.6 Å². The van der Waals surface area contributed by atoms with Crippen molar-refractivity contribution < 1.29 is 24.3 Å². The van der Waals surface area contributed by atoms with Gasteiger partial charge in [-0.25, -0.2) is 0 Å². The van der Waals surface area contributed by atoms with E-state index in [0.29, 0.717) is 40.0 Å². The Balaban J connectivity index is 1.50. The van der Waals surface area contributed by atoms with Crippen LogP contribution in [0.5, 0.6) is 5.75 Å². The lowest BCUT2D eigenvalue weighted by atomic mass is 9.59. The fraction of sp³-hybridized carbons (Fsp3) is 0.290. The van der Waals surface area contributed by atoms with E-state index in [1.165, 1.54) is 11.0 Å². The average Bonchev–Trinajstić information content (AvgIpc) is 3.14. The van der Waals surface area contributed by atoms with Gasteiger partial charge < -0.3 is 5.11 Å². The number of carbonyl (C=O) groups excluding carboxylic acids is 4. The molecular weight excluding hydrogens is 593 g/mol. The summed E-state index contributed by atoms with van der Waals surface area (Å²) in [5, 5.41) is 10.4. The van der Waals surface area contributed by atoms with Gasteiger partial charge in [0.1, 0.15) is 5.75 Å². The van der Waals surface area contributed by atoms with Gasteiger partial charge in [-0.15, -0.1) is 0 Å². The van der Waals surface area contributed by atoms with Crippen molar-refractivity contribution in [2.75, 3.05) is 4.90 Å². The second-order valence-electron chi connectivity index (χ2n) is 10.7. The molecule has 1 aliphatic heterocycles. The molecule has 1 heterocycles. The van der Waals surface area contributed by atoms with Crippen molar-refractivity contribution in [2.24, 2.45) is 17.8 Å². The zero-order chi connectivity index (χ0) is 27.0. The van der Waals surface area contributed by atoms with Crippen LogP contribution in [0.4, 0.5) is 5.69 Å². The summed E-state index contributed by atoms with van der Waals surface area (Å²) >= 11 is 2.18. The fourth-order valence-corrected chi connectivity index (χ4v) is 7.12. The monoisotopic (exact) mass is 619 g/mol. The number of phenolic OH excluding ortho intramolecular Hbond substituents is 1. The topological polar surface area (TPSA) is 91.8 Å². The van der Waals surface area contributed by atoms with Crippen molar-refractivity contribution in [1.82, 2.24) is 0 Å². The Morgan fingerprint density at radius 2 is 1.58 bits per heavy atom. The van der Waals surface area contributed by atoms with Gasteiger partial charge in [0.25, 0.3) is 0 Å². The normalized spacial score (nSPS) is 26.7. The lowest BCUT2D eigenvalue weighted by molar-refractivity contribution is -0.123. The van der Waals surface area contributed by atoms with Crippen molar-refractivity contribution in [3.8, 4) is 5.75 Å². The summed E-state index contributed by atoms with van der Waals surface area (Å²) in [7, 11) is 0. The molecule has 2 amide bonds. The van der Waals surface area contributed by atoms with E-state index < -0.39 is 17.8 Å². The SMILES string of the molecule is CC1=CC(=O)C2=C(CC3C(=CCC4C(=O)N(c5ccc(I)cc5)C(=O)C43)C2c2cc(C)c(O)c(C)c2)C1=O.